The van der Waals surface area contributed by atoms with Gasteiger partial charge in [-0.3, -0.25) is 14.5 Å². The van der Waals surface area contributed by atoms with Crippen LogP contribution in [0.3, 0.4) is 0 Å². The van der Waals surface area contributed by atoms with E-state index in [4.69, 9.17) is 6.42 Å². The Morgan fingerprint density at radius 2 is 1.91 bits per heavy atom. The highest BCUT2D eigenvalue weighted by Gasteiger charge is 2.39. The topological polar surface area (TPSA) is 77.4 Å². The second-order valence-corrected chi connectivity index (χ2v) is 6.08. The van der Waals surface area contributed by atoms with Crippen LogP contribution in [-0.2, 0) is 9.59 Å². The van der Waals surface area contributed by atoms with Crippen LogP contribution in [0.5, 0.6) is 0 Å². The first-order valence-corrected chi connectivity index (χ1v) is 8.17. The molecule has 2 heterocycles. The Morgan fingerprint density at radius 1 is 1.22 bits per heavy atom. The van der Waals surface area contributed by atoms with Crippen molar-refractivity contribution in [1.29, 1.82) is 0 Å². The van der Waals surface area contributed by atoms with E-state index in [0.29, 0.717) is 25.8 Å². The Morgan fingerprint density at radius 3 is 2.48 bits per heavy atom. The summed E-state index contributed by atoms with van der Waals surface area (Å²) in [5.41, 5.74) is -0.382. The highest BCUT2D eigenvalue weighted by atomic mass is 16.2. The molecule has 0 saturated carbocycles. The molecule has 2 rings (SSSR count). The van der Waals surface area contributed by atoms with Gasteiger partial charge in [0.15, 0.2) is 5.66 Å². The minimum Gasteiger partial charge on any atom is -0.355 e. The third kappa shape index (κ3) is 5.64. The maximum absolute atomic E-state index is 11.9. The lowest BCUT2D eigenvalue weighted by Gasteiger charge is -2.34. The van der Waals surface area contributed by atoms with Crippen molar-refractivity contribution in [2.45, 2.75) is 38.3 Å². The maximum atomic E-state index is 11.9. The minimum atomic E-state index is -0.382. The second-order valence-electron chi connectivity index (χ2n) is 6.08. The Balaban J connectivity index is 1.54. The predicted octanol–water partition coefficient (Wildman–Crippen LogP) is 0.622. The number of rotatable bonds is 8. The Bertz CT molecular complexity index is 497. The van der Waals surface area contributed by atoms with Crippen molar-refractivity contribution in [1.82, 2.24) is 15.1 Å². The van der Waals surface area contributed by atoms with Crippen LogP contribution in [-0.4, -0.2) is 66.5 Å². The first-order valence-electron chi connectivity index (χ1n) is 8.17. The lowest BCUT2D eigenvalue weighted by molar-refractivity contribution is -0.130. The van der Waals surface area contributed by atoms with Gasteiger partial charge < -0.3 is 10.2 Å². The van der Waals surface area contributed by atoms with Crippen LogP contribution in [0.25, 0.3) is 0 Å². The lowest BCUT2D eigenvalue weighted by atomic mass is 10.0. The molecule has 0 aromatic carbocycles. The number of hydrogen-bond acceptors (Lipinski definition) is 5. The average Bonchev–Trinajstić information content (AvgIpc) is 3.32. The van der Waals surface area contributed by atoms with Crippen LogP contribution in [0.2, 0.25) is 0 Å². The highest BCUT2D eigenvalue weighted by Crippen LogP contribution is 2.37. The SMILES string of the molecule is C#CCCC1(CCC(=O)NCCN2CCN(C(C)=O)CC2)N=N1. The Hall–Kier alpha value is -1.94. The molecule has 0 aliphatic carbocycles. The van der Waals surface area contributed by atoms with Crippen molar-refractivity contribution < 1.29 is 9.59 Å². The number of amides is 2. The zero-order valence-electron chi connectivity index (χ0n) is 13.8. The molecule has 1 fully saturated rings. The molecule has 0 aromatic heterocycles. The second kappa shape index (κ2) is 8.06. The van der Waals surface area contributed by atoms with Gasteiger partial charge in [-0.05, 0) is 0 Å². The largest absolute Gasteiger partial charge is 0.355 e. The molecule has 7 nitrogen and oxygen atoms in total. The van der Waals surface area contributed by atoms with Gasteiger partial charge in [-0.15, -0.1) is 12.3 Å². The fourth-order valence-corrected chi connectivity index (χ4v) is 2.71. The van der Waals surface area contributed by atoms with Crippen molar-refractivity contribution in [2.24, 2.45) is 10.2 Å². The minimum absolute atomic E-state index is 0.0322. The molecule has 2 aliphatic heterocycles. The maximum Gasteiger partial charge on any atom is 0.220 e. The molecule has 0 aromatic rings. The van der Waals surface area contributed by atoms with Gasteiger partial charge in [0, 0.05) is 71.9 Å². The normalized spacial score (nSPS) is 19.2. The van der Waals surface area contributed by atoms with Crippen LogP contribution in [0.4, 0.5) is 0 Å². The molecule has 126 valence electrons. The van der Waals surface area contributed by atoms with Gasteiger partial charge in [0.25, 0.3) is 0 Å². The summed E-state index contributed by atoms with van der Waals surface area (Å²) in [6.45, 7) is 6.31. The third-order valence-corrected chi connectivity index (χ3v) is 4.37. The molecule has 1 N–H and O–H groups in total. The van der Waals surface area contributed by atoms with E-state index in [1.807, 2.05) is 4.90 Å². The molecule has 0 atom stereocenters. The van der Waals surface area contributed by atoms with Gasteiger partial charge in [0.2, 0.25) is 11.8 Å². The van der Waals surface area contributed by atoms with Gasteiger partial charge in [0.05, 0.1) is 0 Å². The van der Waals surface area contributed by atoms with E-state index in [1.54, 1.807) is 6.92 Å². The molecule has 7 heteroatoms. The number of carbonyl (C=O) groups is 2. The Labute approximate surface area is 137 Å². The average molecular weight is 319 g/mol. The molecular formula is C16H25N5O2. The monoisotopic (exact) mass is 319 g/mol. The zero-order chi connectivity index (χ0) is 16.7. The number of hydrogen-bond donors (Lipinski definition) is 1. The third-order valence-electron chi connectivity index (χ3n) is 4.37. The zero-order valence-corrected chi connectivity index (χ0v) is 13.8. The molecule has 0 bridgehead atoms. The summed E-state index contributed by atoms with van der Waals surface area (Å²) in [6, 6.07) is 0. The summed E-state index contributed by atoms with van der Waals surface area (Å²) in [7, 11) is 0. The van der Waals surface area contributed by atoms with Crippen LogP contribution in [0, 0.1) is 12.3 Å². The molecule has 0 unspecified atom stereocenters. The molecule has 0 radical (unpaired) electrons. The molecule has 2 amide bonds. The summed E-state index contributed by atoms with van der Waals surface area (Å²) in [5, 5.41) is 11.0. The first kappa shape index (κ1) is 17.4. The van der Waals surface area contributed by atoms with Crippen molar-refractivity contribution in [3.8, 4) is 12.3 Å². The molecular weight excluding hydrogens is 294 g/mol. The van der Waals surface area contributed by atoms with Crippen LogP contribution < -0.4 is 5.32 Å². The van der Waals surface area contributed by atoms with E-state index in [1.165, 1.54) is 0 Å². The van der Waals surface area contributed by atoms with Crippen molar-refractivity contribution in [2.75, 3.05) is 39.3 Å². The standard InChI is InChI=1S/C16H25N5O2/c1-3-4-6-16(18-19-16)7-5-15(23)17-8-9-20-10-12-21(13-11-20)14(2)22/h1H,4-13H2,2H3,(H,17,23). The summed E-state index contributed by atoms with van der Waals surface area (Å²) < 4.78 is 0. The van der Waals surface area contributed by atoms with E-state index >= 15 is 0 Å². The van der Waals surface area contributed by atoms with E-state index in [2.05, 4.69) is 26.4 Å². The fraction of sp³-hybridized carbons (Fsp3) is 0.750. The van der Waals surface area contributed by atoms with Crippen LogP contribution in [0.15, 0.2) is 10.2 Å². The predicted molar refractivity (Wildman–Crippen MR) is 86.6 cm³/mol. The fourth-order valence-electron chi connectivity index (χ4n) is 2.71. The van der Waals surface area contributed by atoms with Crippen LogP contribution >= 0.6 is 0 Å². The van der Waals surface area contributed by atoms with Gasteiger partial charge in [-0.25, -0.2) is 0 Å². The highest BCUT2D eigenvalue weighted by molar-refractivity contribution is 5.76. The number of terminal acetylenes is 1. The summed E-state index contributed by atoms with van der Waals surface area (Å²) in [4.78, 5) is 27.2. The summed E-state index contributed by atoms with van der Waals surface area (Å²) in [5.74, 6) is 2.75. The quantitative estimate of drug-likeness (QED) is 0.666. The summed E-state index contributed by atoms with van der Waals surface area (Å²) in [6.07, 6.45) is 7.68. The molecule has 0 spiro atoms. The van der Waals surface area contributed by atoms with E-state index < -0.39 is 0 Å². The Kier molecular flexibility index (Phi) is 6.11. The number of carbonyl (C=O) groups excluding carboxylic acids is 2. The van der Waals surface area contributed by atoms with Gasteiger partial charge >= 0.3 is 0 Å². The lowest BCUT2D eigenvalue weighted by Crippen LogP contribution is -2.49. The molecule has 2 aliphatic rings. The van der Waals surface area contributed by atoms with Crippen molar-refractivity contribution in [3.05, 3.63) is 0 Å². The van der Waals surface area contributed by atoms with Gasteiger partial charge in [-0.2, -0.15) is 10.2 Å². The first-order chi connectivity index (χ1) is 11.0. The van der Waals surface area contributed by atoms with Gasteiger partial charge in [0.1, 0.15) is 0 Å². The van der Waals surface area contributed by atoms with Gasteiger partial charge in [-0.1, -0.05) is 0 Å². The van der Waals surface area contributed by atoms with Crippen molar-refractivity contribution in [3.63, 3.8) is 0 Å². The number of nitrogens with one attached hydrogen (secondary N) is 1. The van der Waals surface area contributed by atoms with Crippen LogP contribution in [0.1, 0.15) is 32.6 Å². The number of nitrogens with zero attached hydrogens (tertiary/aromatic N) is 4. The molecule has 1 saturated heterocycles. The number of piperazine rings is 1. The van der Waals surface area contributed by atoms with Crippen molar-refractivity contribution >= 4 is 11.8 Å². The summed E-state index contributed by atoms with van der Waals surface area (Å²) >= 11 is 0. The smallest absolute Gasteiger partial charge is 0.220 e. The van der Waals surface area contributed by atoms with E-state index in [0.717, 1.165) is 39.1 Å². The molecule has 23 heavy (non-hydrogen) atoms. The van der Waals surface area contributed by atoms with E-state index in [-0.39, 0.29) is 17.5 Å². The van der Waals surface area contributed by atoms with E-state index in [9.17, 15) is 9.59 Å².